The van der Waals surface area contributed by atoms with Gasteiger partial charge in [0.25, 0.3) is 0 Å². The number of rotatable bonds is 1. The van der Waals surface area contributed by atoms with Crippen LogP contribution in [0, 0.1) is 11.3 Å². The third-order valence-corrected chi connectivity index (χ3v) is 1.94. The van der Waals surface area contributed by atoms with Crippen molar-refractivity contribution in [2.45, 2.75) is 0 Å². The van der Waals surface area contributed by atoms with Crippen LogP contribution in [-0.2, 0) is 0 Å². The Morgan fingerprint density at radius 3 is 2.82 bits per heavy atom. The van der Waals surface area contributed by atoms with E-state index in [1.807, 2.05) is 6.07 Å². The van der Waals surface area contributed by atoms with Crippen LogP contribution in [0.25, 0.3) is 0 Å². The number of nitrogens with zero attached hydrogens (tertiary/aromatic N) is 1. The van der Waals surface area contributed by atoms with Gasteiger partial charge in [0.05, 0.1) is 5.56 Å². The Morgan fingerprint density at radius 1 is 1.55 bits per heavy atom. The summed E-state index contributed by atoms with van der Waals surface area (Å²) in [7, 11) is 0. The fraction of sp³-hybridized carbons (Fsp3) is 0. The van der Waals surface area contributed by atoms with E-state index in [1.165, 1.54) is 0 Å². The third kappa shape index (κ3) is 1.70. The zero-order chi connectivity index (χ0) is 8.27. The summed E-state index contributed by atoms with van der Waals surface area (Å²) in [5.74, 6) is 5.15. The van der Waals surface area contributed by atoms with E-state index in [9.17, 15) is 0 Å². The Hall–Kier alpha value is -1.05. The first-order chi connectivity index (χ1) is 5.27. The van der Waals surface area contributed by atoms with Gasteiger partial charge in [-0.1, -0.05) is 0 Å². The van der Waals surface area contributed by atoms with Gasteiger partial charge in [0, 0.05) is 10.2 Å². The molecule has 0 aliphatic rings. The smallest absolute Gasteiger partial charge is 0.100 e. The number of benzene rings is 1. The molecule has 0 atom stereocenters. The molecule has 0 spiro atoms. The second kappa shape index (κ2) is 3.37. The molecule has 0 radical (unpaired) electrons. The molecule has 0 fully saturated rings. The summed E-state index contributed by atoms with van der Waals surface area (Å²) in [4.78, 5) is 0. The summed E-state index contributed by atoms with van der Waals surface area (Å²) in [6.07, 6.45) is 0. The van der Waals surface area contributed by atoms with Crippen molar-refractivity contribution < 1.29 is 0 Å². The van der Waals surface area contributed by atoms with Crippen LogP contribution in [0.2, 0.25) is 0 Å². The molecule has 0 aliphatic carbocycles. The molecule has 3 nitrogen and oxygen atoms in total. The molecule has 11 heavy (non-hydrogen) atoms. The standard InChI is InChI=1S/C7H6BrN3/c8-7-2-1-6(11-10)3-5(7)4-9/h1-3,11H,10H2. The van der Waals surface area contributed by atoms with Crippen LogP contribution in [-0.4, -0.2) is 0 Å². The normalized spacial score (nSPS) is 8.82. The van der Waals surface area contributed by atoms with Gasteiger partial charge in [-0.2, -0.15) is 5.26 Å². The van der Waals surface area contributed by atoms with Gasteiger partial charge in [-0.15, -0.1) is 0 Å². The van der Waals surface area contributed by atoms with Crippen molar-refractivity contribution in [1.29, 1.82) is 5.26 Å². The zero-order valence-corrected chi connectivity index (χ0v) is 7.22. The summed E-state index contributed by atoms with van der Waals surface area (Å²) >= 11 is 3.23. The van der Waals surface area contributed by atoms with Crippen LogP contribution in [0.15, 0.2) is 22.7 Å². The summed E-state index contributed by atoms with van der Waals surface area (Å²) in [5.41, 5.74) is 3.75. The molecule has 3 N–H and O–H groups in total. The Morgan fingerprint density at radius 2 is 2.27 bits per heavy atom. The molecule has 0 saturated carbocycles. The summed E-state index contributed by atoms with van der Waals surface area (Å²) in [6, 6.07) is 7.25. The average molecular weight is 212 g/mol. The summed E-state index contributed by atoms with van der Waals surface area (Å²) in [6.45, 7) is 0. The monoisotopic (exact) mass is 211 g/mol. The van der Waals surface area contributed by atoms with E-state index in [0.29, 0.717) is 5.56 Å². The highest BCUT2D eigenvalue weighted by Gasteiger charge is 1.98. The molecule has 1 aromatic rings. The number of nitrogens with two attached hydrogens (primary N) is 1. The number of anilines is 1. The molecule has 0 unspecified atom stereocenters. The molecule has 0 bridgehead atoms. The molecule has 0 aromatic heterocycles. The number of hydrogen-bond donors (Lipinski definition) is 2. The average Bonchev–Trinajstić information content (AvgIpc) is 2.05. The first-order valence-corrected chi connectivity index (χ1v) is 3.73. The molecule has 4 heteroatoms. The van der Waals surface area contributed by atoms with Crippen molar-refractivity contribution >= 4 is 21.6 Å². The lowest BCUT2D eigenvalue weighted by Crippen LogP contribution is -2.06. The summed E-state index contributed by atoms with van der Waals surface area (Å²) < 4.78 is 0.777. The maximum Gasteiger partial charge on any atom is 0.100 e. The molecule has 0 heterocycles. The van der Waals surface area contributed by atoms with Gasteiger partial charge >= 0.3 is 0 Å². The highest BCUT2D eigenvalue weighted by molar-refractivity contribution is 9.10. The van der Waals surface area contributed by atoms with Gasteiger partial charge in [0.1, 0.15) is 6.07 Å². The predicted molar refractivity (Wildman–Crippen MR) is 46.7 cm³/mol. The van der Waals surface area contributed by atoms with Crippen LogP contribution in [0.4, 0.5) is 5.69 Å². The van der Waals surface area contributed by atoms with Crippen LogP contribution in [0.5, 0.6) is 0 Å². The molecular weight excluding hydrogens is 206 g/mol. The lowest BCUT2D eigenvalue weighted by Gasteiger charge is -1.99. The van der Waals surface area contributed by atoms with E-state index < -0.39 is 0 Å². The van der Waals surface area contributed by atoms with Gasteiger partial charge in [-0.05, 0) is 34.1 Å². The van der Waals surface area contributed by atoms with Crippen molar-refractivity contribution in [2.24, 2.45) is 5.84 Å². The fourth-order valence-corrected chi connectivity index (χ4v) is 1.04. The van der Waals surface area contributed by atoms with Crippen LogP contribution >= 0.6 is 15.9 Å². The molecule has 56 valence electrons. The number of nitrogens with one attached hydrogen (secondary N) is 1. The first kappa shape index (κ1) is 8.05. The Kier molecular flexibility index (Phi) is 2.47. The SMILES string of the molecule is N#Cc1cc(NN)ccc1Br. The van der Waals surface area contributed by atoms with Crippen molar-refractivity contribution in [3.05, 3.63) is 28.2 Å². The predicted octanol–water partition coefficient (Wildman–Crippen LogP) is 1.61. The highest BCUT2D eigenvalue weighted by Crippen LogP contribution is 2.19. The zero-order valence-electron chi connectivity index (χ0n) is 5.63. The lowest BCUT2D eigenvalue weighted by atomic mass is 10.2. The van der Waals surface area contributed by atoms with Crippen molar-refractivity contribution in [2.75, 3.05) is 5.43 Å². The second-order valence-electron chi connectivity index (χ2n) is 1.95. The quantitative estimate of drug-likeness (QED) is 0.549. The van der Waals surface area contributed by atoms with Crippen molar-refractivity contribution in [1.82, 2.24) is 0 Å². The molecule has 0 amide bonds. The topological polar surface area (TPSA) is 61.8 Å². The van der Waals surface area contributed by atoms with Crippen LogP contribution < -0.4 is 11.3 Å². The maximum absolute atomic E-state index is 8.59. The second-order valence-corrected chi connectivity index (χ2v) is 2.81. The molecule has 0 saturated heterocycles. The maximum atomic E-state index is 8.59. The number of nitriles is 1. The van der Waals surface area contributed by atoms with Crippen LogP contribution in [0.3, 0.4) is 0 Å². The largest absolute Gasteiger partial charge is 0.324 e. The van der Waals surface area contributed by atoms with Gasteiger partial charge in [0.15, 0.2) is 0 Å². The van der Waals surface area contributed by atoms with Gasteiger partial charge in [-0.25, -0.2) is 0 Å². The van der Waals surface area contributed by atoms with Gasteiger partial charge in [0.2, 0.25) is 0 Å². The van der Waals surface area contributed by atoms with E-state index in [4.69, 9.17) is 11.1 Å². The van der Waals surface area contributed by atoms with E-state index >= 15 is 0 Å². The van der Waals surface area contributed by atoms with Gasteiger partial charge < -0.3 is 5.43 Å². The Bertz CT molecular complexity index is 303. The Balaban J connectivity index is 3.15. The lowest BCUT2D eigenvalue weighted by molar-refractivity contribution is 1.34. The van der Waals surface area contributed by atoms with Crippen molar-refractivity contribution in [3.63, 3.8) is 0 Å². The summed E-state index contributed by atoms with van der Waals surface area (Å²) in [5, 5.41) is 8.59. The number of nitrogen functional groups attached to an aromatic ring is 1. The fourth-order valence-electron chi connectivity index (χ4n) is 0.701. The number of halogens is 1. The minimum Gasteiger partial charge on any atom is -0.324 e. The Labute approximate surface area is 72.9 Å². The van der Waals surface area contributed by atoms with E-state index in [2.05, 4.69) is 21.4 Å². The number of hydrazine groups is 1. The van der Waals surface area contributed by atoms with E-state index in [-0.39, 0.29) is 0 Å². The van der Waals surface area contributed by atoms with Crippen LogP contribution in [0.1, 0.15) is 5.56 Å². The van der Waals surface area contributed by atoms with Gasteiger partial charge in [-0.3, -0.25) is 5.84 Å². The van der Waals surface area contributed by atoms with E-state index in [0.717, 1.165) is 10.2 Å². The number of hydrogen-bond acceptors (Lipinski definition) is 3. The molecule has 1 rings (SSSR count). The highest BCUT2D eigenvalue weighted by atomic mass is 79.9. The third-order valence-electron chi connectivity index (χ3n) is 1.25. The molecular formula is C7H6BrN3. The first-order valence-electron chi connectivity index (χ1n) is 2.94. The van der Waals surface area contributed by atoms with E-state index in [1.54, 1.807) is 18.2 Å². The van der Waals surface area contributed by atoms with Crippen molar-refractivity contribution in [3.8, 4) is 6.07 Å². The minimum absolute atomic E-state index is 0.570. The minimum atomic E-state index is 0.570. The molecule has 0 aliphatic heterocycles. The molecule has 1 aromatic carbocycles.